The topological polar surface area (TPSA) is 20.2 Å². The minimum Gasteiger partial charge on any atom is -0.385 e. The molecule has 1 aliphatic rings. The van der Waals surface area contributed by atoms with E-state index in [1.165, 1.54) is 12.1 Å². The van der Waals surface area contributed by atoms with E-state index in [1.54, 1.807) is 0 Å². The molecule has 3 heteroatoms. The Hall–Kier alpha value is -0.960. The van der Waals surface area contributed by atoms with Crippen molar-refractivity contribution in [1.29, 1.82) is 0 Å². The van der Waals surface area contributed by atoms with E-state index in [9.17, 15) is 13.9 Å². The molecule has 2 rings (SSSR count). The van der Waals surface area contributed by atoms with Crippen molar-refractivity contribution in [1.82, 2.24) is 0 Å². The number of benzene rings is 1. The second-order valence-electron chi connectivity index (χ2n) is 5.53. The lowest BCUT2D eigenvalue weighted by Crippen LogP contribution is -2.23. The predicted octanol–water partition coefficient (Wildman–Crippen LogP) is 3.36. The Labute approximate surface area is 94.1 Å². The quantitative estimate of drug-likeness (QED) is 0.778. The van der Waals surface area contributed by atoms with Crippen molar-refractivity contribution in [3.8, 4) is 0 Å². The van der Waals surface area contributed by atoms with Crippen LogP contribution < -0.4 is 0 Å². The summed E-state index contributed by atoms with van der Waals surface area (Å²) in [6, 6.07) is 3.28. The van der Waals surface area contributed by atoms with Gasteiger partial charge in [0.15, 0.2) is 0 Å². The van der Waals surface area contributed by atoms with Crippen LogP contribution in [0.4, 0.5) is 8.78 Å². The predicted molar refractivity (Wildman–Crippen MR) is 57.9 cm³/mol. The van der Waals surface area contributed by atoms with Gasteiger partial charge in [-0.05, 0) is 42.4 Å². The van der Waals surface area contributed by atoms with Crippen LogP contribution in [0, 0.1) is 17.0 Å². The van der Waals surface area contributed by atoms with Crippen LogP contribution in [-0.2, 0) is 5.60 Å². The van der Waals surface area contributed by atoms with Crippen molar-refractivity contribution >= 4 is 0 Å². The van der Waals surface area contributed by atoms with E-state index >= 15 is 0 Å². The van der Waals surface area contributed by atoms with Gasteiger partial charge in [0.25, 0.3) is 0 Å². The van der Waals surface area contributed by atoms with Crippen molar-refractivity contribution in [2.75, 3.05) is 0 Å². The molecule has 0 aliphatic heterocycles. The Morgan fingerprint density at radius 1 is 1.06 bits per heavy atom. The van der Waals surface area contributed by atoms with E-state index in [2.05, 4.69) is 13.8 Å². The lowest BCUT2D eigenvalue weighted by atomic mass is 9.86. The molecule has 0 heterocycles. The zero-order valence-corrected chi connectivity index (χ0v) is 9.56. The number of hydrogen-bond donors (Lipinski definition) is 1. The largest absolute Gasteiger partial charge is 0.385 e. The number of aliphatic hydroxyl groups is 1. The molecule has 0 spiro atoms. The first-order valence-electron chi connectivity index (χ1n) is 5.50. The Morgan fingerprint density at radius 2 is 1.62 bits per heavy atom. The molecule has 1 N–H and O–H groups in total. The summed E-state index contributed by atoms with van der Waals surface area (Å²) >= 11 is 0. The first-order chi connectivity index (χ1) is 7.31. The van der Waals surface area contributed by atoms with Crippen molar-refractivity contribution in [2.45, 2.75) is 38.7 Å². The van der Waals surface area contributed by atoms with Gasteiger partial charge in [-0.25, -0.2) is 8.78 Å². The lowest BCUT2D eigenvalue weighted by Gasteiger charge is -2.25. The van der Waals surface area contributed by atoms with Gasteiger partial charge in [-0.1, -0.05) is 13.8 Å². The van der Waals surface area contributed by atoms with E-state index in [0.29, 0.717) is 18.4 Å². The molecule has 88 valence electrons. The SMILES string of the molecule is CC1(C)CCC(O)(c2cc(F)cc(F)c2)C1. The molecule has 1 aromatic carbocycles. The van der Waals surface area contributed by atoms with Gasteiger partial charge in [-0.3, -0.25) is 0 Å². The van der Waals surface area contributed by atoms with Crippen molar-refractivity contribution in [2.24, 2.45) is 5.41 Å². The van der Waals surface area contributed by atoms with Gasteiger partial charge < -0.3 is 5.11 Å². The molecule has 16 heavy (non-hydrogen) atoms. The Morgan fingerprint density at radius 3 is 2.06 bits per heavy atom. The molecule has 1 saturated carbocycles. The zero-order valence-electron chi connectivity index (χ0n) is 9.56. The van der Waals surface area contributed by atoms with Crippen LogP contribution >= 0.6 is 0 Å². The van der Waals surface area contributed by atoms with Crippen LogP contribution in [0.1, 0.15) is 38.7 Å². The molecule has 0 saturated heterocycles. The molecule has 0 amide bonds. The van der Waals surface area contributed by atoms with Crippen LogP contribution in [0.3, 0.4) is 0 Å². The van der Waals surface area contributed by atoms with Gasteiger partial charge in [-0.15, -0.1) is 0 Å². The average Bonchev–Trinajstić information content (AvgIpc) is 2.40. The number of halogens is 2. The molecular formula is C13H16F2O. The minimum atomic E-state index is -1.08. The summed E-state index contributed by atoms with van der Waals surface area (Å²) in [6.45, 7) is 4.11. The maximum absolute atomic E-state index is 13.1. The van der Waals surface area contributed by atoms with Crippen LogP contribution in [0.15, 0.2) is 18.2 Å². The third-order valence-corrected chi connectivity index (χ3v) is 3.39. The summed E-state index contributed by atoms with van der Waals surface area (Å²) < 4.78 is 26.2. The van der Waals surface area contributed by atoms with Crippen LogP contribution in [0.2, 0.25) is 0 Å². The first-order valence-corrected chi connectivity index (χ1v) is 5.50. The van der Waals surface area contributed by atoms with Gasteiger partial charge in [0, 0.05) is 6.07 Å². The summed E-state index contributed by atoms with van der Waals surface area (Å²) in [5.74, 6) is -1.26. The summed E-state index contributed by atoms with van der Waals surface area (Å²) in [6.07, 6.45) is 1.97. The highest BCUT2D eigenvalue weighted by atomic mass is 19.1. The van der Waals surface area contributed by atoms with Crippen LogP contribution in [-0.4, -0.2) is 5.11 Å². The highest BCUT2D eigenvalue weighted by Gasteiger charge is 2.43. The Bertz CT molecular complexity index is 394. The average molecular weight is 226 g/mol. The summed E-state index contributed by atoms with van der Waals surface area (Å²) in [5, 5.41) is 10.4. The second kappa shape index (κ2) is 3.52. The van der Waals surface area contributed by atoms with Crippen LogP contribution in [0.25, 0.3) is 0 Å². The first kappa shape index (κ1) is 11.5. The van der Waals surface area contributed by atoms with Gasteiger partial charge in [0.05, 0.1) is 5.60 Å². The lowest BCUT2D eigenvalue weighted by molar-refractivity contribution is 0.0332. The van der Waals surface area contributed by atoms with E-state index in [-0.39, 0.29) is 5.41 Å². The van der Waals surface area contributed by atoms with Crippen LogP contribution in [0.5, 0.6) is 0 Å². The third-order valence-electron chi connectivity index (χ3n) is 3.39. The molecule has 0 aromatic heterocycles. The van der Waals surface area contributed by atoms with Crippen molar-refractivity contribution in [3.63, 3.8) is 0 Å². The number of rotatable bonds is 1. The summed E-state index contributed by atoms with van der Waals surface area (Å²) in [7, 11) is 0. The molecule has 1 aromatic rings. The Kier molecular flexibility index (Phi) is 2.54. The highest BCUT2D eigenvalue weighted by Crippen LogP contribution is 2.48. The normalized spacial score (nSPS) is 28.3. The molecule has 1 unspecified atom stereocenters. The van der Waals surface area contributed by atoms with E-state index in [1.807, 2.05) is 0 Å². The number of hydrogen-bond acceptors (Lipinski definition) is 1. The van der Waals surface area contributed by atoms with Gasteiger partial charge in [-0.2, -0.15) is 0 Å². The van der Waals surface area contributed by atoms with Gasteiger partial charge in [0.1, 0.15) is 11.6 Å². The molecule has 1 atom stereocenters. The van der Waals surface area contributed by atoms with Gasteiger partial charge >= 0.3 is 0 Å². The molecular weight excluding hydrogens is 210 g/mol. The standard InChI is InChI=1S/C13H16F2O/c1-12(2)3-4-13(16,8-12)9-5-10(14)7-11(15)6-9/h5-7,16H,3-4,8H2,1-2H3. The minimum absolute atomic E-state index is 0.0253. The van der Waals surface area contributed by atoms with Crippen molar-refractivity contribution < 1.29 is 13.9 Å². The van der Waals surface area contributed by atoms with E-state index in [4.69, 9.17) is 0 Å². The Balaban J connectivity index is 2.37. The van der Waals surface area contributed by atoms with Crippen molar-refractivity contribution in [3.05, 3.63) is 35.4 Å². The fraction of sp³-hybridized carbons (Fsp3) is 0.538. The fourth-order valence-corrected chi connectivity index (χ4v) is 2.58. The maximum atomic E-state index is 13.1. The summed E-state index contributed by atoms with van der Waals surface area (Å²) in [5.41, 5.74) is -0.695. The molecule has 0 radical (unpaired) electrons. The van der Waals surface area contributed by atoms with E-state index < -0.39 is 17.2 Å². The van der Waals surface area contributed by atoms with Gasteiger partial charge in [0.2, 0.25) is 0 Å². The third kappa shape index (κ3) is 2.09. The van der Waals surface area contributed by atoms with E-state index in [0.717, 1.165) is 12.5 Å². The zero-order chi connectivity index (χ0) is 12.0. The summed E-state index contributed by atoms with van der Waals surface area (Å²) in [4.78, 5) is 0. The fourth-order valence-electron chi connectivity index (χ4n) is 2.58. The molecule has 0 bridgehead atoms. The maximum Gasteiger partial charge on any atom is 0.126 e. The monoisotopic (exact) mass is 226 g/mol. The smallest absolute Gasteiger partial charge is 0.126 e. The molecule has 1 aliphatic carbocycles. The molecule has 1 fully saturated rings. The highest BCUT2D eigenvalue weighted by molar-refractivity contribution is 5.26. The second-order valence-corrected chi connectivity index (χ2v) is 5.53. The molecule has 1 nitrogen and oxygen atoms in total.